The maximum absolute atomic E-state index is 5.14. The summed E-state index contributed by atoms with van der Waals surface area (Å²) in [5.74, 6) is 0. The Morgan fingerprint density at radius 3 is 2.89 bits per heavy atom. The maximum atomic E-state index is 5.14. The zero-order chi connectivity index (χ0) is 13.1. The minimum absolute atomic E-state index is 0.233. The van der Waals surface area contributed by atoms with Crippen molar-refractivity contribution in [2.24, 2.45) is 0 Å². The zero-order valence-electron chi connectivity index (χ0n) is 10.8. The second-order valence-electron chi connectivity index (χ2n) is 4.60. The molecule has 1 N–H and O–H groups in total. The molecule has 2 aromatic heterocycles. The normalized spacial score (nSPS) is 12.7. The highest BCUT2D eigenvalue weighted by atomic mass is 16.3. The largest absolute Gasteiger partial charge is 0.472 e. The molecular weight excluding hydrogens is 236 g/mol. The van der Waals surface area contributed by atoms with Crippen LogP contribution < -0.4 is 5.32 Å². The molecule has 0 radical (unpaired) electrons. The summed E-state index contributed by atoms with van der Waals surface area (Å²) in [6.07, 6.45) is 6.24. The lowest BCUT2D eigenvalue weighted by Crippen LogP contribution is -2.19. The fourth-order valence-corrected chi connectivity index (χ4v) is 2.42. The third-order valence-electron chi connectivity index (χ3n) is 3.41. The third kappa shape index (κ3) is 2.37. The van der Waals surface area contributed by atoms with Crippen molar-refractivity contribution in [2.75, 3.05) is 7.05 Å². The minimum atomic E-state index is 0.233. The van der Waals surface area contributed by atoms with Crippen LogP contribution in [0.3, 0.4) is 0 Å². The molecule has 0 bridgehead atoms. The summed E-state index contributed by atoms with van der Waals surface area (Å²) in [6.45, 7) is 0. The van der Waals surface area contributed by atoms with Gasteiger partial charge >= 0.3 is 0 Å². The summed E-state index contributed by atoms with van der Waals surface area (Å²) in [5.41, 5.74) is 3.47. The first kappa shape index (κ1) is 11.9. The first-order valence-electron chi connectivity index (χ1n) is 6.40. The summed E-state index contributed by atoms with van der Waals surface area (Å²) >= 11 is 0. The number of nitrogens with zero attached hydrogens (tertiary/aromatic N) is 1. The molecule has 0 spiro atoms. The van der Waals surface area contributed by atoms with Crippen LogP contribution in [0.15, 0.2) is 59.5 Å². The van der Waals surface area contributed by atoms with E-state index < -0.39 is 0 Å². The van der Waals surface area contributed by atoms with Crippen LogP contribution in [0.5, 0.6) is 0 Å². The topological polar surface area (TPSA) is 38.1 Å². The van der Waals surface area contributed by atoms with Crippen LogP contribution >= 0.6 is 0 Å². The Labute approximate surface area is 112 Å². The Morgan fingerprint density at radius 1 is 1.21 bits per heavy atom. The highest BCUT2D eigenvalue weighted by Crippen LogP contribution is 2.25. The van der Waals surface area contributed by atoms with Gasteiger partial charge in [-0.25, -0.2) is 0 Å². The van der Waals surface area contributed by atoms with E-state index in [0.717, 1.165) is 11.9 Å². The van der Waals surface area contributed by atoms with E-state index >= 15 is 0 Å². The zero-order valence-corrected chi connectivity index (χ0v) is 10.8. The van der Waals surface area contributed by atoms with Crippen LogP contribution in [0.4, 0.5) is 0 Å². The number of nitrogens with one attached hydrogen (secondary N) is 1. The maximum Gasteiger partial charge on any atom is 0.0935 e. The standard InChI is InChI=1S/C16H16N2O/c1-17-15(10-12-7-9-19-11-12)14-6-2-4-13-5-3-8-18-16(13)14/h2-9,11,15,17H,10H2,1H3. The monoisotopic (exact) mass is 252 g/mol. The number of rotatable bonds is 4. The Kier molecular flexibility index (Phi) is 3.29. The quantitative estimate of drug-likeness (QED) is 0.774. The summed E-state index contributed by atoms with van der Waals surface area (Å²) < 4.78 is 5.14. The molecule has 1 unspecified atom stereocenters. The fraction of sp³-hybridized carbons (Fsp3) is 0.188. The number of hydrogen-bond acceptors (Lipinski definition) is 3. The van der Waals surface area contributed by atoms with Gasteiger partial charge in [0.15, 0.2) is 0 Å². The third-order valence-corrected chi connectivity index (χ3v) is 3.41. The molecule has 1 atom stereocenters. The number of para-hydroxylation sites is 1. The highest BCUT2D eigenvalue weighted by molar-refractivity contribution is 5.82. The Hall–Kier alpha value is -2.13. The fourth-order valence-electron chi connectivity index (χ4n) is 2.42. The van der Waals surface area contributed by atoms with Crippen LogP contribution in [-0.2, 0) is 6.42 Å². The Morgan fingerprint density at radius 2 is 2.11 bits per heavy atom. The number of hydrogen-bond donors (Lipinski definition) is 1. The van der Waals surface area contributed by atoms with Gasteiger partial charge in [0.05, 0.1) is 18.0 Å². The number of pyridine rings is 1. The molecule has 96 valence electrons. The Bertz CT molecular complexity index is 656. The summed E-state index contributed by atoms with van der Waals surface area (Å²) in [5, 5.41) is 4.54. The van der Waals surface area contributed by atoms with Gasteiger partial charge in [0.2, 0.25) is 0 Å². The van der Waals surface area contributed by atoms with E-state index in [-0.39, 0.29) is 6.04 Å². The van der Waals surface area contributed by atoms with Crippen molar-refractivity contribution in [3.63, 3.8) is 0 Å². The van der Waals surface area contributed by atoms with Crippen LogP contribution in [0.25, 0.3) is 10.9 Å². The van der Waals surface area contributed by atoms with Gasteiger partial charge in [0, 0.05) is 17.6 Å². The van der Waals surface area contributed by atoms with Gasteiger partial charge in [0.25, 0.3) is 0 Å². The second-order valence-corrected chi connectivity index (χ2v) is 4.60. The molecule has 0 aliphatic rings. The van der Waals surface area contributed by atoms with Gasteiger partial charge in [-0.15, -0.1) is 0 Å². The highest BCUT2D eigenvalue weighted by Gasteiger charge is 2.14. The molecule has 3 rings (SSSR count). The van der Waals surface area contributed by atoms with Crippen LogP contribution in [0, 0.1) is 0 Å². The molecule has 3 nitrogen and oxygen atoms in total. The first-order valence-corrected chi connectivity index (χ1v) is 6.40. The van der Waals surface area contributed by atoms with Crippen LogP contribution in [0.1, 0.15) is 17.2 Å². The molecule has 3 aromatic rings. The average molecular weight is 252 g/mol. The van der Waals surface area contributed by atoms with E-state index in [1.807, 2.05) is 25.4 Å². The minimum Gasteiger partial charge on any atom is -0.472 e. The van der Waals surface area contributed by atoms with E-state index in [9.17, 15) is 0 Å². The lowest BCUT2D eigenvalue weighted by atomic mass is 9.98. The smallest absolute Gasteiger partial charge is 0.0935 e. The Balaban J connectivity index is 2.01. The van der Waals surface area contributed by atoms with E-state index in [4.69, 9.17) is 4.42 Å². The van der Waals surface area contributed by atoms with Crippen LogP contribution in [-0.4, -0.2) is 12.0 Å². The number of likely N-dealkylation sites (N-methyl/N-ethyl adjacent to an activating group) is 1. The van der Waals surface area contributed by atoms with E-state index in [1.54, 1.807) is 12.5 Å². The van der Waals surface area contributed by atoms with Gasteiger partial charge < -0.3 is 9.73 Å². The summed E-state index contributed by atoms with van der Waals surface area (Å²) in [6, 6.07) is 12.6. The van der Waals surface area contributed by atoms with Crippen molar-refractivity contribution in [3.05, 3.63) is 66.2 Å². The molecule has 0 aliphatic heterocycles. The summed E-state index contributed by atoms with van der Waals surface area (Å²) in [7, 11) is 1.98. The van der Waals surface area contributed by atoms with E-state index in [2.05, 4.69) is 34.6 Å². The van der Waals surface area contributed by atoms with E-state index in [0.29, 0.717) is 0 Å². The molecule has 0 saturated heterocycles. The number of furan rings is 1. The molecule has 3 heteroatoms. The summed E-state index contributed by atoms with van der Waals surface area (Å²) in [4.78, 5) is 4.52. The molecule has 0 saturated carbocycles. The number of aromatic nitrogens is 1. The lowest BCUT2D eigenvalue weighted by Gasteiger charge is -2.17. The van der Waals surface area contributed by atoms with Crippen molar-refractivity contribution in [3.8, 4) is 0 Å². The van der Waals surface area contributed by atoms with E-state index in [1.165, 1.54) is 16.5 Å². The SMILES string of the molecule is CNC(Cc1ccoc1)c1cccc2cccnc12. The molecule has 19 heavy (non-hydrogen) atoms. The molecule has 0 fully saturated rings. The molecular formula is C16H16N2O. The predicted molar refractivity (Wildman–Crippen MR) is 76.0 cm³/mol. The first-order chi connectivity index (χ1) is 9.38. The average Bonchev–Trinajstić information content (AvgIpc) is 2.97. The molecule has 1 aromatic carbocycles. The molecule has 0 amide bonds. The lowest BCUT2D eigenvalue weighted by molar-refractivity contribution is 0.552. The van der Waals surface area contributed by atoms with Gasteiger partial charge in [-0.3, -0.25) is 4.98 Å². The van der Waals surface area contributed by atoms with Gasteiger partial charge in [-0.05, 0) is 36.7 Å². The van der Waals surface area contributed by atoms with Crippen LogP contribution in [0.2, 0.25) is 0 Å². The second kappa shape index (κ2) is 5.24. The van der Waals surface area contributed by atoms with Gasteiger partial charge in [0.1, 0.15) is 0 Å². The number of benzene rings is 1. The predicted octanol–water partition coefficient (Wildman–Crippen LogP) is 3.33. The number of fused-ring (bicyclic) bond motifs is 1. The van der Waals surface area contributed by atoms with Crippen molar-refractivity contribution in [1.29, 1.82) is 0 Å². The van der Waals surface area contributed by atoms with Crippen molar-refractivity contribution in [1.82, 2.24) is 10.3 Å². The van der Waals surface area contributed by atoms with Gasteiger partial charge in [-0.2, -0.15) is 0 Å². The van der Waals surface area contributed by atoms with Gasteiger partial charge in [-0.1, -0.05) is 24.3 Å². The molecule has 2 heterocycles. The van der Waals surface area contributed by atoms with Crippen molar-refractivity contribution in [2.45, 2.75) is 12.5 Å². The molecule has 0 aliphatic carbocycles. The van der Waals surface area contributed by atoms with Crippen molar-refractivity contribution < 1.29 is 4.42 Å². The van der Waals surface area contributed by atoms with Crippen molar-refractivity contribution >= 4 is 10.9 Å².